The van der Waals surface area contributed by atoms with Crippen molar-refractivity contribution in [1.82, 2.24) is 4.90 Å². The number of likely N-dealkylation sites (tertiary alicyclic amines) is 1. The number of rotatable bonds is 5. The molecule has 1 heterocycles. The summed E-state index contributed by atoms with van der Waals surface area (Å²) in [4.78, 5) is 15.3. The number of nitrogens with one attached hydrogen (secondary N) is 1. The number of fused-ring (bicyclic) bond motifs is 1. The molecule has 0 radical (unpaired) electrons. The number of hydrogen-bond acceptors (Lipinski definition) is 3. The number of carbonyl (C=O) groups is 1. The van der Waals surface area contributed by atoms with Gasteiger partial charge in [-0.15, -0.1) is 0 Å². The average Bonchev–Trinajstić information content (AvgIpc) is 2.74. The van der Waals surface area contributed by atoms with Gasteiger partial charge in [0.2, 0.25) is 5.91 Å². The maximum Gasteiger partial charge on any atom is 0.228 e. The molecule has 1 fully saturated rings. The molecule has 28 heavy (non-hydrogen) atoms. The number of nitrogens with zero attached hydrogens (tertiary/aromatic N) is 1. The number of methoxy groups -OCH3 is 1. The number of para-hydroxylation sites is 2. The molecule has 4 nitrogen and oxygen atoms in total. The molecule has 144 valence electrons. The molecule has 0 saturated carbocycles. The molecule has 1 atom stereocenters. The van der Waals surface area contributed by atoms with Crippen molar-refractivity contribution in [3.05, 3.63) is 72.3 Å². The summed E-state index contributed by atoms with van der Waals surface area (Å²) in [6, 6.07) is 22.5. The lowest BCUT2D eigenvalue weighted by molar-refractivity contribution is -0.121. The van der Waals surface area contributed by atoms with Gasteiger partial charge in [-0.3, -0.25) is 9.69 Å². The molecule has 1 N–H and O–H groups in total. The number of ether oxygens (including phenoxy) is 1. The van der Waals surface area contributed by atoms with Crippen LogP contribution in [0.4, 0.5) is 5.69 Å². The van der Waals surface area contributed by atoms with Crippen LogP contribution < -0.4 is 10.1 Å². The van der Waals surface area contributed by atoms with Crippen molar-refractivity contribution in [3.8, 4) is 5.75 Å². The molecule has 4 heteroatoms. The van der Waals surface area contributed by atoms with E-state index in [0.717, 1.165) is 38.2 Å². The van der Waals surface area contributed by atoms with Crippen LogP contribution in [0.3, 0.4) is 0 Å². The van der Waals surface area contributed by atoms with Crippen LogP contribution in [0.25, 0.3) is 10.8 Å². The van der Waals surface area contributed by atoms with Gasteiger partial charge >= 0.3 is 0 Å². The predicted molar refractivity (Wildman–Crippen MR) is 114 cm³/mol. The Labute approximate surface area is 166 Å². The Kier molecular flexibility index (Phi) is 5.58. The van der Waals surface area contributed by atoms with Crippen LogP contribution >= 0.6 is 0 Å². The zero-order chi connectivity index (χ0) is 19.3. The van der Waals surface area contributed by atoms with Gasteiger partial charge in [0.15, 0.2) is 0 Å². The SMILES string of the molecule is COc1ccccc1NC(=O)C1CCCN(Cc2cccc3ccccc23)C1. The van der Waals surface area contributed by atoms with Crippen molar-refractivity contribution in [2.24, 2.45) is 5.92 Å². The summed E-state index contributed by atoms with van der Waals surface area (Å²) >= 11 is 0. The minimum Gasteiger partial charge on any atom is -0.495 e. The fourth-order valence-electron chi connectivity index (χ4n) is 4.07. The molecule has 4 rings (SSSR count). The Morgan fingerprint density at radius 3 is 2.75 bits per heavy atom. The number of amides is 1. The molecule has 3 aromatic carbocycles. The third-order valence-electron chi connectivity index (χ3n) is 5.52. The van der Waals surface area contributed by atoms with E-state index in [9.17, 15) is 4.79 Å². The first-order chi connectivity index (χ1) is 13.7. The monoisotopic (exact) mass is 374 g/mol. The van der Waals surface area contributed by atoms with Gasteiger partial charge in [0, 0.05) is 13.1 Å². The third-order valence-corrected chi connectivity index (χ3v) is 5.52. The molecule has 1 unspecified atom stereocenters. The molecule has 1 amide bonds. The highest BCUT2D eigenvalue weighted by Gasteiger charge is 2.26. The topological polar surface area (TPSA) is 41.6 Å². The first-order valence-corrected chi connectivity index (χ1v) is 9.87. The number of anilines is 1. The highest BCUT2D eigenvalue weighted by molar-refractivity contribution is 5.94. The standard InChI is InChI=1S/C24H26N2O2/c1-28-23-14-5-4-13-22(23)25-24(27)20-11-7-15-26(17-20)16-19-10-6-9-18-8-2-3-12-21(18)19/h2-6,8-10,12-14,20H,7,11,15-17H2,1H3,(H,25,27). The lowest BCUT2D eigenvalue weighted by Crippen LogP contribution is -2.40. The van der Waals surface area contributed by atoms with E-state index in [-0.39, 0.29) is 11.8 Å². The third kappa shape index (κ3) is 4.02. The summed E-state index contributed by atoms with van der Waals surface area (Å²) < 4.78 is 5.35. The average molecular weight is 374 g/mol. The summed E-state index contributed by atoms with van der Waals surface area (Å²) in [5, 5.41) is 5.62. The summed E-state index contributed by atoms with van der Waals surface area (Å²) in [5.74, 6) is 0.764. The minimum absolute atomic E-state index is 0.00589. The van der Waals surface area contributed by atoms with Gasteiger partial charge in [-0.1, -0.05) is 54.6 Å². The highest BCUT2D eigenvalue weighted by Crippen LogP contribution is 2.27. The van der Waals surface area contributed by atoms with Crippen molar-refractivity contribution in [1.29, 1.82) is 0 Å². The van der Waals surface area contributed by atoms with E-state index in [0.29, 0.717) is 5.75 Å². The fraction of sp³-hybridized carbons (Fsp3) is 0.292. The molecule has 0 aromatic heterocycles. The van der Waals surface area contributed by atoms with Crippen LogP contribution in [0, 0.1) is 5.92 Å². The maximum atomic E-state index is 12.9. The first kappa shape index (κ1) is 18.5. The Morgan fingerprint density at radius 2 is 1.86 bits per heavy atom. The normalized spacial score (nSPS) is 17.4. The van der Waals surface area contributed by atoms with Crippen molar-refractivity contribution in [2.75, 3.05) is 25.5 Å². The van der Waals surface area contributed by atoms with Crippen LogP contribution in [0.2, 0.25) is 0 Å². The van der Waals surface area contributed by atoms with Crippen molar-refractivity contribution in [2.45, 2.75) is 19.4 Å². The van der Waals surface area contributed by atoms with Crippen molar-refractivity contribution < 1.29 is 9.53 Å². The summed E-state index contributed by atoms with van der Waals surface area (Å²) in [5.41, 5.74) is 2.06. The van der Waals surface area contributed by atoms with Gasteiger partial charge in [-0.25, -0.2) is 0 Å². The van der Waals surface area contributed by atoms with Gasteiger partial charge in [0.05, 0.1) is 18.7 Å². The van der Waals surface area contributed by atoms with E-state index in [1.54, 1.807) is 7.11 Å². The first-order valence-electron chi connectivity index (χ1n) is 9.87. The zero-order valence-corrected chi connectivity index (χ0v) is 16.2. The smallest absolute Gasteiger partial charge is 0.228 e. The second-order valence-electron chi connectivity index (χ2n) is 7.40. The van der Waals surface area contributed by atoms with E-state index >= 15 is 0 Å². The lowest BCUT2D eigenvalue weighted by Gasteiger charge is -2.32. The van der Waals surface area contributed by atoms with E-state index in [2.05, 4.69) is 52.7 Å². The van der Waals surface area contributed by atoms with E-state index in [1.807, 2.05) is 24.3 Å². The molecular weight excluding hydrogens is 348 g/mol. The van der Waals surface area contributed by atoms with E-state index in [1.165, 1.54) is 16.3 Å². The van der Waals surface area contributed by atoms with Crippen molar-refractivity contribution in [3.63, 3.8) is 0 Å². The Hall–Kier alpha value is -2.85. The van der Waals surface area contributed by atoms with E-state index in [4.69, 9.17) is 4.74 Å². The lowest BCUT2D eigenvalue weighted by atomic mass is 9.96. The number of carbonyl (C=O) groups excluding carboxylic acids is 1. The minimum atomic E-state index is -0.00589. The zero-order valence-electron chi connectivity index (χ0n) is 16.2. The van der Waals surface area contributed by atoms with Crippen LogP contribution in [0.15, 0.2) is 66.7 Å². The van der Waals surface area contributed by atoms with Gasteiger partial charge in [-0.05, 0) is 47.9 Å². The second-order valence-corrected chi connectivity index (χ2v) is 7.40. The van der Waals surface area contributed by atoms with Gasteiger partial charge < -0.3 is 10.1 Å². The van der Waals surface area contributed by atoms with Crippen LogP contribution in [-0.4, -0.2) is 31.0 Å². The number of piperidine rings is 1. The molecule has 0 spiro atoms. The molecule has 0 aliphatic carbocycles. The highest BCUT2D eigenvalue weighted by atomic mass is 16.5. The quantitative estimate of drug-likeness (QED) is 0.704. The second kappa shape index (κ2) is 8.44. The summed E-state index contributed by atoms with van der Waals surface area (Å²) in [7, 11) is 1.62. The van der Waals surface area contributed by atoms with Gasteiger partial charge in [0.1, 0.15) is 5.75 Å². The molecular formula is C24H26N2O2. The van der Waals surface area contributed by atoms with Crippen LogP contribution in [0.5, 0.6) is 5.75 Å². The summed E-state index contributed by atoms with van der Waals surface area (Å²) in [6.07, 6.45) is 1.96. The molecule has 3 aromatic rings. The molecule has 1 aliphatic rings. The Morgan fingerprint density at radius 1 is 1.07 bits per heavy atom. The van der Waals surface area contributed by atoms with Gasteiger partial charge in [0.25, 0.3) is 0 Å². The molecule has 1 saturated heterocycles. The fourth-order valence-corrected chi connectivity index (χ4v) is 4.07. The number of hydrogen-bond donors (Lipinski definition) is 1. The van der Waals surface area contributed by atoms with Crippen LogP contribution in [-0.2, 0) is 11.3 Å². The predicted octanol–water partition coefficient (Wildman–Crippen LogP) is 4.70. The summed E-state index contributed by atoms with van der Waals surface area (Å²) in [6.45, 7) is 2.69. The molecule has 0 bridgehead atoms. The Balaban J connectivity index is 1.44. The Bertz CT molecular complexity index is 964. The van der Waals surface area contributed by atoms with Crippen LogP contribution in [0.1, 0.15) is 18.4 Å². The van der Waals surface area contributed by atoms with E-state index < -0.39 is 0 Å². The molecule has 1 aliphatic heterocycles. The number of benzene rings is 3. The van der Waals surface area contributed by atoms with Crippen molar-refractivity contribution >= 4 is 22.4 Å². The largest absolute Gasteiger partial charge is 0.495 e. The maximum absolute atomic E-state index is 12.9. The van der Waals surface area contributed by atoms with Gasteiger partial charge in [-0.2, -0.15) is 0 Å².